The van der Waals surface area contributed by atoms with Gasteiger partial charge in [0.2, 0.25) is 10.0 Å². The van der Waals surface area contributed by atoms with Crippen molar-refractivity contribution in [3.05, 3.63) is 108 Å². The summed E-state index contributed by atoms with van der Waals surface area (Å²) >= 11 is 0. The first-order valence-electron chi connectivity index (χ1n) is 8.27. The zero-order valence-electron chi connectivity index (χ0n) is 14.1. The molecule has 0 aliphatic carbocycles. The summed E-state index contributed by atoms with van der Waals surface area (Å²) in [6.45, 7) is 1.65. The number of rotatable bonds is 6. The SMILES string of the molecule is CCS(=O)(=O)NC(c1ccccc1)(c1ccccc1)c1ccccc1. The van der Waals surface area contributed by atoms with Crippen LogP contribution in [0.15, 0.2) is 91.0 Å². The predicted octanol–water partition coefficient (Wildman–Crippen LogP) is 3.92. The zero-order chi connectivity index (χ0) is 17.8. The Kier molecular flexibility index (Phi) is 5.02. The summed E-state index contributed by atoms with van der Waals surface area (Å²) in [5, 5.41) is 0. The second kappa shape index (κ2) is 7.21. The standard InChI is InChI=1S/C21H21NO2S/c1-2-25(23,24)22-21(18-12-6-3-7-13-18,19-14-8-4-9-15-19)20-16-10-5-11-17-20/h3-17,22H,2H2,1H3. The van der Waals surface area contributed by atoms with E-state index < -0.39 is 15.6 Å². The van der Waals surface area contributed by atoms with Gasteiger partial charge in [-0.15, -0.1) is 0 Å². The van der Waals surface area contributed by atoms with E-state index in [0.717, 1.165) is 16.7 Å². The van der Waals surface area contributed by atoms with Crippen molar-refractivity contribution in [3.63, 3.8) is 0 Å². The van der Waals surface area contributed by atoms with Gasteiger partial charge in [0.1, 0.15) is 5.54 Å². The molecule has 0 amide bonds. The lowest BCUT2D eigenvalue weighted by atomic mass is 9.78. The molecule has 0 atom stereocenters. The van der Waals surface area contributed by atoms with Crippen LogP contribution in [0, 0.1) is 0 Å². The normalized spacial score (nSPS) is 12.0. The van der Waals surface area contributed by atoms with Crippen molar-refractivity contribution in [2.24, 2.45) is 0 Å². The van der Waals surface area contributed by atoms with E-state index in [1.807, 2.05) is 91.0 Å². The van der Waals surface area contributed by atoms with E-state index in [1.165, 1.54) is 0 Å². The van der Waals surface area contributed by atoms with Gasteiger partial charge in [-0.25, -0.2) is 8.42 Å². The molecule has 0 spiro atoms. The lowest BCUT2D eigenvalue weighted by Gasteiger charge is -2.36. The Labute approximate surface area is 149 Å². The number of nitrogens with one attached hydrogen (secondary N) is 1. The van der Waals surface area contributed by atoms with Crippen molar-refractivity contribution in [2.45, 2.75) is 12.5 Å². The summed E-state index contributed by atoms with van der Waals surface area (Å²) in [4.78, 5) is 0. The van der Waals surface area contributed by atoms with E-state index in [9.17, 15) is 8.42 Å². The van der Waals surface area contributed by atoms with E-state index in [2.05, 4.69) is 4.72 Å². The molecule has 25 heavy (non-hydrogen) atoms. The maximum absolute atomic E-state index is 12.6. The minimum atomic E-state index is -3.47. The highest BCUT2D eigenvalue weighted by Crippen LogP contribution is 2.37. The van der Waals surface area contributed by atoms with Gasteiger partial charge in [0.05, 0.1) is 5.75 Å². The maximum atomic E-state index is 12.6. The number of hydrogen-bond acceptors (Lipinski definition) is 2. The third-order valence-corrected chi connectivity index (χ3v) is 5.69. The fraction of sp³-hybridized carbons (Fsp3) is 0.143. The summed E-state index contributed by atoms with van der Waals surface area (Å²) in [6, 6.07) is 29.1. The van der Waals surface area contributed by atoms with Crippen LogP contribution in [-0.2, 0) is 15.6 Å². The van der Waals surface area contributed by atoms with Crippen LogP contribution < -0.4 is 4.72 Å². The van der Waals surface area contributed by atoms with E-state index in [1.54, 1.807) is 6.92 Å². The number of benzene rings is 3. The van der Waals surface area contributed by atoms with Crippen molar-refractivity contribution in [3.8, 4) is 0 Å². The Bertz CT molecular complexity index is 811. The van der Waals surface area contributed by atoms with Gasteiger partial charge in [-0.2, -0.15) is 4.72 Å². The first-order valence-corrected chi connectivity index (χ1v) is 9.92. The van der Waals surface area contributed by atoms with Crippen LogP contribution in [-0.4, -0.2) is 14.2 Å². The first-order chi connectivity index (χ1) is 12.1. The molecule has 1 N–H and O–H groups in total. The highest BCUT2D eigenvalue weighted by atomic mass is 32.2. The van der Waals surface area contributed by atoms with Crippen LogP contribution in [0.3, 0.4) is 0 Å². The molecule has 0 aliphatic rings. The lowest BCUT2D eigenvalue weighted by molar-refractivity contribution is 0.528. The Morgan fingerprint density at radius 2 is 1.00 bits per heavy atom. The Balaban J connectivity index is 2.36. The topological polar surface area (TPSA) is 46.2 Å². The second-order valence-electron chi connectivity index (χ2n) is 5.85. The van der Waals surface area contributed by atoms with Crippen LogP contribution in [0.2, 0.25) is 0 Å². The molecule has 3 aromatic rings. The summed E-state index contributed by atoms with van der Waals surface area (Å²) < 4.78 is 28.2. The first kappa shape index (κ1) is 17.4. The molecule has 0 saturated heterocycles. The Morgan fingerprint density at radius 3 is 1.28 bits per heavy atom. The third-order valence-electron chi connectivity index (χ3n) is 4.31. The van der Waals surface area contributed by atoms with E-state index in [4.69, 9.17) is 0 Å². The molecule has 3 aromatic carbocycles. The van der Waals surface area contributed by atoms with Crippen molar-refractivity contribution >= 4 is 10.0 Å². The molecule has 3 rings (SSSR count). The molecule has 4 heteroatoms. The zero-order valence-corrected chi connectivity index (χ0v) is 14.9. The quantitative estimate of drug-likeness (QED) is 0.684. The van der Waals surface area contributed by atoms with Gasteiger partial charge in [-0.1, -0.05) is 91.0 Å². The minimum Gasteiger partial charge on any atom is -0.212 e. The van der Waals surface area contributed by atoms with Gasteiger partial charge >= 0.3 is 0 Å². The van der Waals surface area contributed by atoms with Crippen molar-refractivity contribution in [2.75, 3.05) is 5.75 Å². The Hall–Kier alpha value is -2.43. The van der Waals surface area contributed by atoms with Crippen molar-refractivity contribution in [1.29, 1.82) is 0 Å². The molecule has 0 fully saturated rings. The average molecular weight is 351 g/mol. The molecule has 3 nitrogen and oxygen atoms in total. The van der Waals surface area contributed by atoms with Gasteiger partial charge in [-0.05, 0) is 23.6 Å². The monoisotopic (exact) mass is 351 g/mol. The minimum absolute atomic E-state index is 0.0151. The average Bonchev–Trinajstić information content (AvgIpc) is 2.68. The number of sulfonamides is 1. The number of hydrogen-bond donors (Lipinski definition) is 1. The van der Waals surface area contributed by atoms with Gasteiger partial charge in [0, 0.05) is 0 Å². The maximum Gasteiger partial charge on any atom is 0.212 e. The second-order valence-corrected chi connectivity index (χ2v) is 7.86. The molecule has 0 unspecified atom stereocenters. The predicted molar refractivity (Wildman–Crippen MR) is 102 cm³/mol. The molecular weight excluding hydrogens is 330 g/mol. The van der Waals surface area contributed by atoms with Gasteiger partial charge in [0.15, 0.2) is 0 Å². The van der Waals surface area contributed by atoms with Gasteiger partial charge in [0.25, 0.3) is 0 Å². The van der Waals surface area contributed by atoms with E-state index in [-0.39, 0.29) is 5.75 Å². The summed E-state index contributed by atoms with van der Waals surface area (Å²) in [7, 11) is -3.47. The van der Waals surface area contributed by atoms with Crippen molar-refractivity contribution < 1.29 is 8.42 Å². The van der Waals surface area contributed by atoms with E-state index >= 15 is 0 Å². The molecular formula is C21H21NO2S. The summed E-state index contributed by atoms with van der Waals surface area (Å²) in [5.41, 5.74) is 1.66. The molecule has 0 aliphatic heterocycles. The molecule has 0 aromatic heterocycles. The van der Waals surface area contributed by atoms with Crippen LogP contribution in [0.5, 0.6) is 0 Å². The van der Waals surface area contributed by atoms with Crippen LogP contribution in [0.4, 0.5) is 0 Å². The molecule has 128 valence electrons. The molecule has 0 bridgehead atoms. The van der Waals surface area contributed by atoms with Crippen LogP contribution >= 0.6 is 0 Å². The largest absolute Gasteiger partial charge is 0.212 e. The highest BCUT2D eigenvalue weighted by molar-refractivity contribution is 7.89. The lowest BCUT2D eigenvalue weighted by Crippen LogP contribution is -2.48. The van der Waals surface area contributed by atoms with E-state index in [0.29, 0.717) is 0 Å². The molecule has 0 saturated carbocycles. The Morgan fingerprint density at radius 1 is 0.680 bits per heavy atom. The van der Waals surface area contributed by atoms with Crippen LogP contribution in [0.25, 0.3) is 0 Å². The van der Waals surface area contributed by atoms with Gasteiger partial charge < -0.3 is 0 Å². The summed E-state index contributed by atoms with van der Waals surface area (Å²) in [5.74, 6) is 0.0151. The molecule has 0 heterocycles. The van der Waals surface area contributed by atoms with Gasteiger partial charge in [-0.3, -0.25) is 0 Å². The fourth-order valence-corrected chi connectivity index (χ4v) is 4.01. The molecule has 0 radical (unpaired) electrons. The fourth-order valence-electron chi connectivity index (χ4n) is 3.05. The highest BCUT2D eigenvalue weighted by Gasteiger charge is 2.39. The summed E-state index contributed by atoms with van der Waals surface area (Å²) in [6.07, 6.45) is 0. The smallest absolute Gasteiger partial charge is 0.212 e. The van der Waals surface area contributed by atoms with Crippen molar-refractivity contribution in [1.82, 2.24) is 4.72 Å². The van der Waals surface area contributed by atoms with Crippen LogP contribution in [0.1, 0.15) is 23.6 Å². The third kappa shape index (κ3) is 3.50.